The van der Waals surface area contributed by atoms with Gasteiger partial charge >= 0.3 is 11.9 Å². The normalized spacial score (nSPS) is 42.2. The van der Waals surface area contributed by atoms with Crippen LogP contribution in [-0.4, -0.2) is 24.6 Å². The second-order valence-electron chi connectivity index (χ2n) is 6.34. The third-order valence-electron chi connectivity index (χ3n) is 5.39. The first kappa shape index (κ1) is 12.7. The van der Waals surface area contributed by atoms with Crippen molar-refractivity contribution in [3.05, 3.63) is 11.1 Å². The Bertz CT molecular complexity index is 479. The van der Waals surface area contributed by atoms with Gasteiger partial charge in [0, 0.05) is 5.41 Å². The zero-order valence-corrected chi connectivity index (χ0v) is 11.7. The molecule has 2 fully saturated rings. The Morgan fingerprint density at radius 2 is 2.00 bits per heavy atom. The molecule has 104 valence electrons. The van der Waals surface area contributed by atoms with Crippen LogP contribution in [0.1, 0.15) is 40.0 Å². The van der Waals surface area contributed by atoms with E-state index in [4.69, 9.17) is 9.47 Å². The molecule has 3 aliphatic rings. The molecule has 19 heavy (non-hydrogen) atoms. The SMILES string of the molecule is CC1=C([C@@H]2OC(=O)[C@@H]3CCC[C@H](C)[C@]32C)C(=O)OC1. The molecule has 1 saturated heterocycles. The van der Waals surface area contributed by atoms with Gasteiger partial charge in [-0.1, -0.05) is 20.3 Å². The Morgan fingerprint density at radius 3 is 2.63 bits per heavy atom. The fourth-order valence-electron chi connectivity index (χ4n) is 3.94. The van der Waals surface area contributed by atoms with Crippen molar-refractivity contribution in [2.24, 2.45) is 17.3 Å². The number of fused-ring (bicyclic) bond motifs is 1. The number of hydrogen-bond donors (Lipinski definition) is 0. The van der Waals surface area contributed by atoms with Gasteiger partial charge in [0.15, 0.2) is 0 Å². The zero-order chi connectivity index (χ0) is 13.8. The maximum atomic E-state index is 12.1. The molecule has 0 amide bonds. The lowest BCUT2D eigenvalue weighted by Crippen LogP contribution is -2.44. The van der Waals surface area contributed by atoms with Gasteiger partial charge in [0.1, 0.15) is 12.7 Å². The Labute approximate surface area is 113 Å². The van der Waals surface area contributed by atoms with Crippen molar-refractivity contribution in [3.63, 3.8) is 0 Å². The highest BCUT2D eigenvalue weighted by molar-refractivity contribution is 5.94. The van der Waals surface area contributed by atoms with E-state index in [9.17, 15) is 9.59 Å². The predicted molar refractivity (Wildman–Crippen MR) is 68.2 cm³/mol. The number of cyclic esters (lactones) is 2. The molecule has 0 spiro atoms. The zero-order valence-electron chi connectivity index (χ0n) is 11.7. The second-order valence-corrected chi connectivity index (χ2v) is 6.34. The van der Waals surface area contributed by atoms with E-state index in [1.54, 1.807) is 0 Å². The van der Waals surface area contributed by atoms with Gasteiger partial charge in [0.05, 0.1) is 11.5 Å². The van der Waals surface area contributed by atoms with E-state index in [-0.39, 0.29) is 23.3 Å². The number of hydrogen-bond acceptors (Lipinski definition) is 4. The number of carbonyl (C=O) groups is 2. The first-order chi connectivity index (χ1) is 8.96. The van der Waals surface area contributed by atoms with Gasteiger partial charge in [0.25, 0.3) is 0 Å². The van der Waals surface area contributed by atoms with Gasteiger partial charge in [-0.3, -0.25) is 4.79 Å². The van der Waals surface area contributed by atoms with Crippen molar-refractivity contribution >= 4 is 11.9 Å². The van der Waals surface area contributed by atoms with Crippen LogP contribution in [0.3, 0.4) is 0 Å². The Kier molecular flexibility index (Phi) is 2.73. The quantitative estimate of drug-likeness (QED) is 0.681. The van der Waals surface area contributed by atoms with Crippen molar-refractivity contribution in [3.8, 4) is 0 Å². The molecule has 4 atom stereocenters. The summed E-state index contributed by atoms with van der Waals surface area (Å²) >= 11 is 0. The highest BCUT2D eigenvalue weighted by atomic mass is 16.6. The van der Waals surface area contributed by atoms with Crippen LogP contribution in [0.4, 0.5) is 0 Å². The smallest absolute Gasteiger partial charge is 0.338 e. The number of rotatable bonds is 1. The molecule has 4 nitrogen and oxygen atoms in total. The standard InChI is InChI=1S/C15H20O4/c1-8-7-18-14(17)11(8)12-15(3)9(2)5-4-6-10(15)13(16)19-12/h9-10,12H,4-7H2,1-3H3/t9-,10-,12-,15+/m0/s1. The molecule has 4 heteroatoms. The van der Waals surface area contributed by atoms with Gasteiger partial charge in [0.2, 0.25) is 0 Å². The van der Waals surface area contributed by atoms with Crippen molar-refractivity contribution in [1.82, 2.24) is 0 Å². The summed E-state index contributed by atoms with van der Waals surface area (Å²) in [7, 11) is 0. The highest BCUT2D eigenvalue weighted by Crippen LogP contribution is 2.55. The summed E-state index contributed by atoms with van der Waals surface area (Å²) < 4.78 is 10.7. The van der Waals surface area contributed by atoms with Gasteiger partial charge in [-0.15, -0.1) is 0 Å². The van der Waals surface area contributed by atoms with E-state index in [1.165, 1.54) is 0 Å². The Morgan fingerprint density at radius 1 is 1.26 bits per heavy atom. The molecule has 0 N–H and O–H groups in total. The molecule has 0 aromatic rings. The fraction of sp³-hybridized carbons (Fsp3) is 0.733. The molecule has 1 saturated carbocycles. The van der Waals surface area contributed by atoms with Crippen LogP contribution in [0.15, 0.2) is 11.1 Å². The molecule has 2 heterocycles. The van der Waals surface area contributed by atoms with E-state index in [2.05, 4.69) is 13.8 Å². The second kappa shape index (κ2) is 4.09. The third kappa shape index (κ3) is 1.58. The van der Waals surface area contributed by atoms with Crippen LogP contribution in [0, 0.1) is 17.3 Å². The minimum absolute atomic E-state index is 0.0741. The summed E-state index contributed by atoms with van der Waals surface area (Å²) in [4.78, 5) is 24.1. The number of esters is 2. The minimum atomic E-state index is -0.421. The van der Waals surface area contributed by atoms with Crippen LogP contribution in [-0.2, 0) is 19.1 Å². The van der Waals surface area contributed by atoms with Crippen LogP contribution in [0.5, 0.6) is 0 Å². The largest absolute Gasteiger partial charge is 0.458 e. The van der Waals surface area contributed by atoms with Gasteiger partial charge in [-0.2, -0.15) is 0 Å². The molecular formula is C15H20O4. The summed E-state index contributed by atoms with van der Waals surface area (Å²) in [6.45, 7) is 6.48. The number of ether oxygens (including phenoxy) is 2. The van der Waals surface area contributed by atoms with Crippen molar-refractivity contribution in [2.45, 2.75) is 46.1 Å². The van der Waals surface area contributed by atoms with Gasteiger partial charge < -0.3 is 9.47 Å². The van der Waals surface area contributed by atoms with Crippen molar-refractivity contribution < 1.29 is 19.1 Å². The molecule has 0 radical (unpaired) electrons. The van der Waals surface area contributed by atoms with Crippen LogP contribution in [0.25, 0.3) is 0 Å². The van der Waals surface area contributed by atoms with E-state index in [0.717, 1.165) is 24.8 Å². The molecule has 3 rings (SSSR count). The van der Waals surface area contributed by atoms with Crippen LogP contribution < -0.4 is 0 Å². The fourth-order valence-corrected chi connectivity index (χ4v) is 3.94. The molecule has 0 unspecified atom stereocenters. The molecule has 0 aromatic heterocycles. The van der Waals surface area contributed by atoms with Crippen molar-refractivity contribution in [2.75, 3.05) is 6.61 Å². The molecule has 0 aromatic carbocycles. The minimum Gasteiger partial charge on any atom is -0.458 e. The molecule has 0 bridgehead atoms. The van der Waals surface area contributed by atoms with Gasteiger partial charge in [-0.25, -0.2) is 4.79 Å². The molecule has 1 aliphatic carbocycles. The van der Waals surface area contributed by atoms with E-state index in [0.29, 0.717) is 18.1 Å². The van der Waals surface area contributed by atoms with Gasteiger partial charge in [-0.05, 0) is 31.3 Å². The summed E-state index contributed by atoms with van der Waals surface area (Å²) in [5.41, 5.74) is 1.23. The lowest BCUT2D eigenvalue weighted by Gasteiger charge is -2.42. The maximum Gasteiger partial charge on any atom is 0.338 e. The highest BCUT2D eigenvalue weighted by Gasteiger charge is 2.60. The Hall–Kier alpha value is -1.32. The monoisotopic (exact) mass is 264 g/mol. The number of carbonyl (C=O) groups excluding carboxylic acids is 2. The van der Waals surface area contributed by atoms with E-state index in [1.807, 2.05) is 6.92 Å². The lowest BCUT2D eigenvalue weighted by atomic mass is 9.59. The summed E-state index contributed by atoms with van der Waals surface area (Å²) in [6, 6.07) is 0. The van der Waals surface area contributed by atoms with Crippen LogP contribution in [0.2, 0.25) is 0 Å². The predicted octanol–water partition coefficient (Wildman–Crippen LogP) is 2.23. The average Bonchev–Trinajstić information content (AvgIpc) is 2.81. The molecule has 2 aliphatic heterocycles. The maximum absolute atomic E-state index is 12.1. The first-order valence-electron chi connectivity index (χ1n) is 7.03. The van der Waals surface area contributed by atoms with E-state index >= 15 is 0 Å². The molecular weight excluding hydrogens is 244 g/mol. The first-order valence-corrected chi connectivity index (χ1v) is 7.03. The summed E-state index contributed by atoms with van der Waals surface area (Å²) in [5, 5.41) is 0. The van der Waals surface area contributed by atoms with Crippen LogP contribution >= 0.6 is 0 Å². The third-order valence-corrected chi connectivity index (χ3v) is 5.39. The average molecular weight is 264 g/mol. The summed E-state index contributed by atoms with van der Waals surface area (Å²) in [5.74, 6) is -0.152. The lowest BCUT2D eigenvalue weighted by molar-refractivity contribution is -0.144. The summed E-state index contributed by atoms with van der Waals surface area (Å²) in [6.07, 6.45) is 2.60. The topological polar surface area (TPSA) is 52.6 Å². The van der Waals surface area contributed by atoms with Crippen molar-refractivity contribution in [1.29, 1.82) is 0 Å². The van der Waals surface area contributed by atoms with E-state index < -0.39 is 6.10 Å². The Balaban J connectivity index is 2.05.